The van der Waals surface area contributed by atoms with Gasteiger partial charge >= 0.3 is 0 Å². The predicted molar refractivity (Wildman–Crippen MR) is 94.3 cm³/mol. The van der Waals surface area contributed by atoms with Crippen molar-refractivity contribution < 1.29 is 9.53 Å². The Hall–Kier alpha value is -1.71. The number of halogens is 2. The molecule has 2 aromatic carbocycles. The molecular formula is C18H19Cl2NO2. The fourth-order valence-corrected chi connectivity index (χ4v) is 2.89. The summed E-state index contributed by atoms with van der Waals surface area (Å²) in [6, 6.07) is 12.9. The van der Waals surface area contributed by atoms with Crippen LogP contribution in [0.1, 0.15) is 30.5 Å². The summed E-state index contributed by atoms with van der Waals surface area (Å²) in [4.78, 5) is 12.1. The summed E-state index contributed by atoms with van der Waals surface area (Å²) in [5.41, 5.74) is 1.83. The molecule has 1 unspecified atom stereocenters. The maximum absolute atomic E-state index is 12.1. The van der Waals surface area contributed by atoms with Gasteiger partial charge in [0.25, 0.3) is 0 Å². The third-order valence-electron chi connectivity index (χ3n) is 3.66. The van der Waals surface area contributed by atoms with Gasteiger partial charge in [-0.1, -0.05) is 41.4 Å². The summed E-state index contributed by atoms with van der Waals surface area (Å²) in [6.07, 6.45) is 0.851. The highest BCUT2D eigenvalue weighted by molar-refractivity contribution is 6.36. The molecule has 0 radical (unpaired) electrons. The van der Waals surface area contributed by atoms with Crippen LogP contribution in [-0.2, 0) is 11.2 Å². The van der Waals surface area contributed by atoms with E-state index in [9.17, 15) is 4.79 Å². The van der Waals surface area contributed by atoms with Crippen molar-refractivity contribution in [3.05, 3.63) is 63.6 Å². The van der Waals surface area contributed by atoms with Gasteiger partial charge in [0.05, 0.1) is 13.2 Å². The quantitative estimate of drug-likeness (QED) is 0.810. The van der Waals surface area contributed by atoms with Crippen LogP contribution in [0.2, 0.25) is 10.0 Å². The standard InChI is InChI=1S/C18H19Cl2NO2/c1-12(13-6-8-14(23-2)9-7-13)21-18(22)11-10-15-16(19)4-3-5-17(15)20/h3-9,12H,10-11H2,1-2H3,(H,21,22). The summed E-state index contributed by atoms with van der Waals surface area (Å²) in [5, 5.41) is 4.16. The number of rotatable bonds is 6. The molecule has 1 atom stereocenters. The molecular weight excluding hydrogens is 333 g/mol. The molecule has 0 fully saturated rings. The molecule has 0 aliphatic rings. The number of nitrogens with one attached hydrogen (secondary N) is 1. The van der Waals surface area contributed by atoms with Crippen molar-refractivity contribution in [2.75, 3.05) is 7.11 Å². The lowest BCUT2D eigenvalue weighted by Crippen LogP contribution is -2.26. The van der Waals surface area contributed by atoms with E-state index < -0.39 is 0 Å². The van der Waals surface area contributed by atoms with Gasteiger partial charge in [-0.2, -0.15) is 0 Å². The molecule has 1 N–H and O–H groups in total. The summed E-state index contributed by atoms with van der Waals surface area (Å²) in [7, 11) is 1.63. The van der Waals surface area contributed by atoms with Crippen LogP contribution >= 0.6 is 23.2 Å². The van der Waals surface area contributed by atoms with E-state index in [2.05, 4.69) is 5.32 Å². The first-order valence-corrected chi connectivity index (χ1v) is 8.13. The van der Waals surface area contributed by atoms with Crippen LogP contribution in [0.3, 0.4) is 0 Å². The zero-order valence-electron chi connectivity index (χ0n) is 13.1. The van der Waals surface area contributed by atoms with Crippen LogP contribution in [0.15, 0.2) is 42.5 Å². The van der Waals surface area contributed by atoms with Crippen molar-refractivity contribution in [2.24, 2.45) is 0 Å². The van der Waals surface area contributed by atoms with Crippen LogP contribution in [0.25, 0.3) is 0 Å². The molecule has 0 saturated carbocycles. The number of amides is 1. The number of methoxy groups -OCH3 is 1. The average Bonchev–Trinajstić information content (AvgIpc) is 2.54. The molecule has 3 nitrogen and oxygen atoms in total. The Morgan fingerprint density at radius 1 is 1.13 bits per heavy atom. The van der Waals surface area contributed by atoms with Gasteiger partial charge in [-0.15, -0.1) is 0 Å². The van der Waals surface area contributed by atoms with E-state index in [0.717, 1.165) is 16.9 Å². The fraction of sp³-hybridized carbons (Fsp3) is 0.278. The molecule has 0 bridgehead atoms. The SMILES string of the molecule is COc1ccc(C(C)NC(=O)CCc2c(Cl)cccc2Cl)cc1. The minimum Gasteiger partial charge on any atom is -0.497 e. The largest absolute Gasteiger partial charge is 0.497 e. The summed E-state index contributed by atoms with van der Waals surface area (Å²) < 4.78 is 5.13. The highest BCUT2D eigenvalue weighted by Crippen LogP contribution is 2.25. The van der Waals surface area contributed by atoms with Gasteiger partial charge in [0.1, 0.15) is 5.75 Å². The molecule has 5 heteroatoms. The lowest BCUT2D eigenvalue weighted by Gasteiger charge is -2.15. The molecule has 0 aromatic heterocycles. The second-order valence-corrected chi connectivity index (χ2v) is 6.08. The van der Waals surface area contributed by atoms with E-state index in [1.807, 2.05) is 31.2 Å². The molecule has 2 rings (SSSR count). The minimum absolute atomic E-state index is 0.0377. The third-order valence-corrected chi connectivity index (χ3v) is 4.37. The van der Waals surface area contributed by atoms with Gasteiger partial charge in [-0.05, 0) is 48.7 Å². The van der Waals surface area contributed by atoms with Crippen LogP contribution in [0.5, 0.6) is 5.75 Å². The monoisotopic (exact) mass is 351 g/mol. The van der Waals surface area contributed by atoms with Gasteiger partial charge < -0.3 is 10.1 Å². The number of hydrogen-bond acceptors (Lipinski definition) is 2. The Morgan fingerprint density at radius 3 is 2.30 bits per heavy atom. The second-order valence-electron chi connectivity index (χ2n) is 5.26. The highest BCUT2D eigenvalue weighted by atomic mass is 35.5. The average molecular weight is 352 g/mol. The van der Waals surface area contributed by atoms with Crippen molar-refractivity contribution in [1.82, 2.24) is 5.32 Å². The van der Waals surface area contributed by atoms with Crippen LogP contribution in [0, 0.1) is 0 Å². The van der Waals surface area contributed by atoms with E-state index in [1.165, 1.54) is 0 Å². The van der Waals surface area contributed by atoms with Gasteiger partial charge in [-0.25, -0.2) is 0 Å². The van der Waals surface area contributed by atoms with E-state index >= 15 is 0 Å². The Kier molecular flexibility index (Phi) is 6.31. The van der Waals surface area contributed by atoms with Gasteiger partial charge in [-0.3, -0.25) is 4.79 Å². The molecule has 0 saturated heterocycles. The number of ether oxygens (including phenoxy) is 1. The number of carbonyl (C=O) groups excluding carboxylic acids is 1. The fourth-order valence-electron chi connectivity index (χ4n) is 2.30. The third kappa shape index (κ3) is 4.88. The number of benzene rings is 2. The molecule has 2 aromatic rings. The number of hydrogen-bond donors (Lipinski definition) is 1. The Morgan fingerprint density at radius 2 is 1.74 bits per heavy atom. The minimum atomic E-state index is -0.0740. The van der Waals surface area contributed by atoms with Crippen molar-refractivity contribution in [1.29, 1.82) is 0 Å². The van der Waals surface area contributed by atoms with Gasteiger partial charge in [0.2, 0.25) is 5.91 Å². The van der Waals surface area contributed by atoms with Crippen LogP contribution in [0.4, 0.5) is 0 Å². The maximum atomic E-state index is 12.1. The topological polar surface area (TPSA) is 38.3 Å². The smallest absolute Gasteiger partial charge is 0.220 e. The zero-order valence-corrected chi connectivity index (χ0v) is 14.6. The number of carbonyl (C=O) groups is 1. The van der Waals surface area contributed by atoms with Crippen molar-refractivity contribution >= 4 is 29.1 Å². The lowest BCUT2D eigenvalue weighted by atomic mass is 10.1. The molecule has 0 spiro atoms. The Labute approximate surface area is 146 Å². The van der Waals surface area contributed by atoms with E-state index in [1.54, 1.807) is 25.3 Å². The molecule has 0 aliphatic heterocycles. The first kappa shape index (κ1) is 17.6. The summed E-state index contributed by atoms with van der Waals surface area (Å²) in [5.74, 6) is 0.755. The zero-order chi connectivity index (χ0) is 16.8. The Balaban J connectivity index is 1.91. The van der Waals surface area contributed by atoms with Gasteiger partial charge in [0, 0.05) is 16.5 Å². The van der Waals surface area contributed by atoms with Crippen molar-refractivity contribution in [3.63, 3.8) is 0 Å². The normalized spacial score (nSPS) is 11.8. The summed E-state index contributed by atoms with van der Waals surface area (Å²) in [6.45, 7) is 1.95. The van der Waals surface area contributed by atoms with Crippen LogP contribution in [-0.4, -0.2) is 13.0 Å². The van der Waals surface area contributed by atoms with Gasteiger partial charge in [0.15, 0.2) is 0 Å². The van der Waals surface area contributed by atoms with Crippen LogP contribution < -0.4 is 10.1 Å². The van der Waals surface area contributed by atoms with Crippen molar-refractivity contribution in [2.45, 2.75) is 25.8 Å². The summed E-state index contributed by atoms with van der Waals surface area (Å²) >= 11 is 12.2. The first-order valence-electron chi connectivity index (χ1n) is 7.37. The maximum Gasteiger partial charge on any atom is 0.220 e. The molecule has 0 heterocycles. The molecule has 1 amide bonds. The highest BCUT2D eigenvalue weighted by Gasteiger charge is 2.12. The second kappa shape index (κ2) is 8.23. The van der Waals surface area contributed by atoms with E-state index in [4.69, 9.17) is 27.9 Å². The van der Waals surface area contributed by atoms with E-state index in [0.29, 0.717) is 22.9 Å². The lowest BCUT2D eigenvalue weighted by molar-refractivity contribution is -0.121. The predicted octanol–water partition coefficient (Wildman–Crippen LogP) is 4.81. The molecule has 122 valence electrons. The molecule has 0 aliphatic carbocycles. The van der Waals surface area contributed by atoms with Crippen molar-refractivity contribution in [3.8, 4) is 5.75 Å². The first-order chi connectivity index (χ1) is 11.0. The Bertz CT molecular complexity index is 651. The van der Waals surface area contributed by atoms with E-state index in [-0.39, 0.29) is 11.9 Å². The molecule has 23 heavy (non-hydrogen) atoms.